The van der Waals surface area contributed by atoms with Crippen molar-refractivity contribution in [2.45, 2.75) is 6.42 Å². The minimum atomic E-state index is -0.941. The number of rotatable bonds is 3. The van der Waals surface area contributed by atoms with Gasteiger partial charge >= 0.3 is 0 Å². The van der Waals surface area contributed by atoms with E-state index in [0.29, 0.717) is 20.1 Å². The van der Waals surface area contributed by atoms with Crippen molar-refractivity contribution < 1.29 is 0 Å². The maximum Gasteiger partial charge on any atom is 0.165 e. The molecule has 0 heterocycles. The van der Waals surface area contributed by atoms with Gasteiger partial charge in [0.05, 0.1) is 33.4 Å². The van der Waals surface area contributed by atoms with Gasteiger partial charge in [0.2, 0.25) is 0 Å². The van der Waals surface area contributed by atoms with Crippen LogP contribution in [0.5, 0.6) is 0 Å². The summed E-state index contributed by atoms with van der Waals surface area (Å²) in [4.78, 5) is 0. The molecule has 0 saturated heterocycles. The summed E-state index contributed by atoms with van der Waals surface area (Å²) in [6, 6.07) is 14.0. The zero-order valence-corrected chi connectivity index (χ0v) is 19.2. The van der Waals surface area contributed by atoms with Crippen LogP contribution in [0.25, 0.3) is 0 Å². The molecule has 4 rings (SSSR count). The number of hydrogen-bond acceptors (Lipinski definition) is 0. The Morgan fingerprint density at radius 1 is 0.897 bits per heavy atom. The lowest BCUT2D eigenvalue weighted by molar-refractivity contribution is 1.18. The zero-order chi connectivity index (χ0) is 20.4. The summed E-state index contributed by atoms with van der Waals surface area (Å²) in [6.07, 6.45) is 10.9. The highest BCUT2D eigenvalue weighted by Gasteiger charge is 2.29. The van der Waals surface area contributed by atoms with E-state index in [1.165, 1.54) is 16.8 Å². The molecule has 2 aliphatic rings. The maximum atomic E-state index is 6.48. The van der Waals surface area contributed by atoms with Crippen LogP contribution < -0.4 is 0 Å². The zero-order valence-electron chi connectivity index (χ0n) is 15.2. The normalized spacial score (nSPS) is 16.1. The summed E-state index contributed by atoms with van der Waals surface area (Å²) in [6.45, 7) is 0. The molecular weight excluding hydrogens is 461 g/mol. The molecule has 0 nitrogen and oxygen atoms in total. The van der Waals surface area contributed by atoms with Crippen molar-refractivity contribution in [1.29, 1.82) is 0 Å². The van der Waals surface area contributed by atoms with Gasteiger partial charge in [0.15, 0.2) is 15.6 Å². The summed E-state index contributed by atoms with van der Waals surface area (Å²) in [5.74, 6) is 4.28. The van der Waals surface area contributed by atoms with Crippen molar-refractivity contribution in [2.75, 3.05) is 0 Å². The number of benzene rings is 2. The first-order chi connectivity index (χ1) is 14.0. The Hall–Kier alpha value is -1.53. The van der Waals surface area contributed by atoms with Gasteiger partial charge in [-0.25, -0.2) is 0 Å². The number of allylic oxidation sites excluding steroid dienone is 7. The van der Waals surface area contributed by atoms with E-state index in [1.54, 1.807) is 0 Å². The Bertz CT molecular complexity index is 1070. The van der Waals surface area contributed by atoms with Crippen LogP contribution >= 0.6 is 53.9 Å². The molecule has 0 aromatic heterocycles. The molecule has 144 valence electrons. The van der Waals surface area contributed by atoms with Gasteiger partial charge < -0.3 is 0 Å². The molecular formula is C24H16Cl4P+. The summed E-state index contributed by atoms with van der Waals surface area (Å²) in [7, 11) is -0.941. The number of hydrogen-bond donors (Lipinski definition) is 0. The summed E-state index contributed by atoms with van der Waals surface area (Å²) in [5, 5.41) is 2.49. The van der Waals surface area contributed by atoms with Gasteiger partial charge in [-0.1, -0.05) is 53.4 Å². The smallest absolute Gasteiger partial charge is 0.155 e. The highest BCUT2D eigenvalue weighted by Crippen LogP contribution is 2.50. The van der Waals surface area contributed by atoms with Crippen LogP contribution in [-0.2, 0) is 6.42 Å². The fraction of sp³-hybridized carbons (Fsp3) is 0.0417. The topological polar surface area (TPSA) is 0 Å². The van der Waals surface area contributed by atoms with Gasteiger partial charge in [-0.2, -0.15) is 6.08 Å². The second-order valence-electron chi connectivity index (χ2n) is 6.59. The average Bonchev–Trinajstić information content (AvgIpc) is 2.72. The molecule has 2 aromatic rings. The van der Waals surface area contributed by atoms with Crippen LogP contribution in [0.3, 0.4) is 0 Å². The van der Waals surface area contributed by atoms with Gasteiger partial charge in [-0.05, 0) is 12.1 Å². The van der Waals surface area contributed by atoms with Crippen molar-refractivity contribution in [3.05, 3.63) is 127 Å². The first-order valence-corrected chi connectivity index (χ1v) is 12.0. The van der Waals surface area contributed by atoms with Crippen molar-refractivity contribution in [1.82, 2.24) is 0 Å². The molecule has 1 atom stereocenters. The van der Waals surface area contributed by atoms with Crippen LogP contribution in [0.4, 0.5) is 0 Å². The Balaban J connectivity index is 1.91. The van der Waals surface area contributed by atoms with Crippen LogP contribution in [-0.4, -0.2) is 5.80 Å². The molecule has 0 aliphatic heterocycles. The lowest BCUT2D eigenvalue weighted by Crippen LogP contribution is -2.03. The third kappa shape index (κ3) is 4.48. The van der Waals surface area contributed by atoms with E-state index < -0.39 is 7.55 Å². The quantitative estimate of drug-likeness (QED) is 0.307. The standard InChI is InChI=1S/C24H16Cl4P/c25-20-9-4-10-21(26)18(20)14-29(15-19-22(27)11-5-12-23(19)28)24-13-3-7-16-6-1-2-8-17(16)24/h1-6,8-15H,7H2/q+1. The van der Waals surface area contributed by atoms with Gasteiger partial charge in [0.25, 0.3) is 0 Å². The van der Waals surface area contributed by atoms with E-state index in [0.717, 1.165) is 17.6 Å². The van der Waals surface area contributed by atoms with E-state index in [-0.39, 0.29) is 0 Å². The fourth-order valence-corrected chi connectivity index (χ4v) is 6.84. The first-order valence-electron chi connectivity index (χ1n) is 9.02. The van der Waals surface area contributed by atoms with Crippen molar-refractivity contribution in [3.8, 4) is 0 Å². The third-order valence-corrected chi connectivity index (χ3v) is 8.06. The van der Waals surface area contributed by atoms with E-state index in [9.17, 15) is 0 Å². The molecule has 1 unspecified atom stereocenters. The lowest BCUT2D eigenvalue weighted by Gasteiger charge is -2.23. The van der Waals surface area contributed by atoms with Crippen molar-refractivity contribution >= 4 is 59.7 Å². The molecule has 2 aromatic carbocycles. The monoisotopic (exact) mass is 475 g/mol. The number of halogens is 4. The van der Waals surface area contributed by atoms with Crippen LogP contribution in [0.2, 0.25) is 10.0 Å². The minimum absolute atomic E-state index is 0.623. The highest BCUT2D eigenvalue weighted by atomic mass is 35.5. The SMILES string of the molecule is ClC1=C[CH+]C=C(Cl)C1=C[P+](=Cc1c(Cl)cccc1Cl)[C-]1C=CCc2ccccc21. The van der Waals surface area contributed by atoms with Crippen molar-refractivity contribution in [3.63, 3.8) is 0 Å². The Kier molecular flexibility index (Phi) is 6.50. The Labute approximate surface area is 192 Å². The van der Waals surface area contributed by atoms with Crippen molar-refractivity contribution in [2.24, 2.45) is 0 Å². The molecule has 29 heavy (non-hydrogen) atoms. The molecule has 0 bridgehead atoms. The maximum absolute atomic E-state index is 6.48. The second-order valence-corrected chi connectivity index (χ2v) is 10.0. The fourth-order valence-electron chi connectivity index (χ4n) is 3.28. The van der Waals surface area contributed by atoms with Crippen LogP contribution in [0, 0.1) is 12.1 Å². The molecule has 2 aliphatic carbocycles. The molecule has 0 spiro atoms. The van der Waals surface area contributed by atoms with E-state index in [2.05, 4.69) is 48.0 Å². The molecule has 0 amide bonds. The first kappa shape index (κ1) is 20.7. The summed E-state index contributed by atoms with van der Waals surface area (Å²) >= 11 is 25.9. The summed E-state index contributed by atoms with van der Waals surface area (Å²) in [5.41, 5.74) is 5.40. The predicted octanol–water partition coefficient (Wildman–Crippen LogP) is 8.67. The lowest BCUT2D eigenvalue weighted by atomic mass is 9.97. The number of fused-ring (bicyclic) bond motifs is 1. The van der Waals surface area contributed by atoms with Gasteiger partial charge in [-0.15, -0.1) is 23.8 Å². The van der Waals surface area contributed by atoms with E-state index >= 15 is 0 Å². The van der Waals surface area contributed by atoms with Crippen LogP contribution in [0.15, 0.2) is 88.2 Å². The minimum Gasteiger partial charge on any atom is -0.155 e. The predicted molar refractivity (Wildman–Crippen MR) is 130 cm³/mol. The molecule has 0 saturated carbocycles. The van der Waals surface area contributed by atoms with E-state index in [1.807, 2.05) is 36.8 Å². The highest BCUT2D eigenvalue weighted by molar-refractivity contribution is 7.64. The Morgan fingerprint density at radius 3 is 2.31 bits per heavy atom. The van der Waals surface area contributed by atoms with Gasteiger partial charge in [0.1, 0.15) is 19.2 Å². The molecule has 5 heteroatoms. The molecule has 0 radical (unpaired) electrons. The summed E-state index contributed by atoms with van der Waals surface area (Å²) < 4.78 is 0. The third-order valence-electron chi connectivity index (χ3n) is 4.72. The molecule has 0 N–H and O–H groups in total. The average molecular weight is 477 g/mol. The van der Waals surface area contributed by atoms with Gasteiger partial charge in [0, 0.05) is 29.6 Å². The molecule has 0 fully saturated rings. The largest absolute Gasteiger partial charge is 0.165 e. The second kappa shape index (κ2) is 9.09. The van der Waals surface area contributed by atoms with E-state index in [4.69, 9.17) is 46.4 Å². The van der Waals surface area contributed by atoms with Crippen LogP contribution in [0.1, 0.15) is 16.7 Å². The van der Waals surface area contributed by atoms with Gasteiger partial charge in [-0.3, -0.25) is 0 Å². The Morgan fingerprint density at radius 2 is 1.59 bits per heavy atom.